The summed E-state index contributed by atoms with van der Waals surface area (Å²) in [5.74, 6) is 1.30. The third-order valence-electron chi connectivity index (χ3n) is 1.70. The lowest BCUT2D eigenvalue weighted by atomic mass is 10.2. The first-order chi connectivity index (χ1) is 6.72. The first-order valence-electron chi connectivity index (χ1n) is 4.18. The third-order valence-corrected chi connectivity index (χ3v) is 2.50. The van der Waals surface area contributed by atoms with Crippen LogP contribution in [-0.2, 0) is 0 Å². The van der Waals surface area contributed by atoms with Crippen molar-refractivity contribution in [3.63, 3.8) is 0 Å². The van der Waals surface area contributed by atoms with Crippen LogP contribution in [0.25, 0.3) is 0 Å². The predicted octanol–water partition coefficient (Wildman–Crippen LogP) is 2.51. The monoisotopic (exact) mass is 306 g/mol. The van der Waals surface area contributed by atoms with Gasteiger partial charge in [0.05, 0.1) is 22.9 Å². The minimum Gasteiger partial charge on any atom is -0.497 e. The standard InChI is InChI=1S/C10H11IO3/c1-3-14-10-7(6-12)4-8(13-2)5-9(10)11/h4-6H,3H2,1-2H3. The fourth-order valence-electron chi connectivity index (χ4n) is 1.09. The van der Waals surface area contributed by atoms with E-state index in [1.165, 1.54) is 0 Å². The molecule has 0 aromatic heterocycles. The van der Waals surface area contributed by atoms with Crippen molar-refractivity contribution in [1.82, 2.24) is 0 Å². The van der Waals surface area contributed by atoms with Crippen LogP contribution in [0.4, 0.5) is 0 Å². The van der Waals surface area contributed by atoms with Crippen LogP contribution in [0.5, 0.6) is 11.5 Å². The molecule has 0 aliphatic carbocycles. The molecule has 0 saturated carbocycles. The van der Waals surface area contributed by atoms with Crippen LogP contribution in [0, 0.1) is 3.57 Å². The number of carbonyl (C=O) groups excluding carboxylic acids is 1. The highest BCUT2D eigenvalue weighted by Gasteiger charge is 2.09. The van der Waals surface area contributed by atoms with Gasteiger partial charge in [-0.25, -0.2) is 0 Å². The minimum absolute atomic E-state index is 0.524. The van der Waals surface area contributed by atoms with Crippen LogP contribution >= 0.6 is 22.6 Å². The summed E-state index contributed by atoms with van der Waals surface area (Å²) in [7, 11) is 1.57. The molecule has 76 valence electrons. The van der Waals surface area contributed by atoms with E-state index in [0.29, 0.717) is 23.7 Å². The second-order valence-electron chi connectivity index (χ2n) is 2.58. The molecule has 0 radical (unpaired) electrons. The molecule has 0 atom stereocenters. The first-order valence-corrected chi connectivity index (χ1v) is 5.26. The number of benzene rings is 1. The Bertz CT molecular complexity index is 336. The second-order valence-corrected chi connectivity index (χ2v) is 3.74. The lowest BCUT2D eigenvalue weighted by molar-refractivity contribution is 0.111. The first kappa shape index (κ1) is 11.3. The Balaban J connectivity index is 3.19. The average molecular weight is 306 g/mol. The fourth-order valence-corrected chi connectivity index (χ4v) is 1.86. The largest absolute Gasteiger partial charge is 0.497 e. The Morgan fingerprint density at radius 3 is 2.71 bits per heavy atom. The molecule has 0 N–H and O–H groups in total. The highest BCUT2D eigenvalue weighted by Crippen LogP contribution is 2.29. The van der Waals surface area contributed by atoms with E-state index in [4.69, 9.17) is 9.47 Å². The Labute approximate surface area is 96.5 Å². The fraction of sp³-hybridized carbons (Fsp3) is 0.300. The lowest BCUT2D eigenvalue weighted by Crippen LogP contribution is -1.99. The van der Waals surface area contributed by atoms with E-state index >= 15 is 0 Å². The van der Waals surface area contributed by atoms with Crippen LogP contribution < -0.4 is 9.47 Å². The molecule has 4 heteroatoms. The van der Waals surface area contributed by atoms with Crippen LogP contribution in [-0.4, -0.2) is 20.0 Å². The summed E-state index contributed by atoms with van der Waals surface area (Å²) >= 11 is 2.12. The Morgan fingerprint density at radius 2 is 2.21 bits per heavy atom. The summed E-state index contributed by atoms with van der Waals surface area (Å²) in [5, 5.41) is 0. The average Bonchev–Trinajstić information content (AvgIpc) is 2.20. The zero-order valence-corrected chi connectivity index (χ0v) is 10.2. The summed E-state index contributed by atoms with van der Waals surface area (Å²) < 4.78 is 11.3. The van der Waals surface area contributed by atoms with Crippen molar-refractivity contribution in [3.8, 4) is 11.5 Å². The number of carbonyl (C=O) groups is 1. The van der Waals surface area contributed by atoms with Gasteiger partial charge < -0.3 is 9.47 Å². The van der Waals surface area contributed by atoms with Gasteiger partial charge in [-0.3, -0.25) is 4.79 Å². The molecule has 0 bridgehead atoms. The minimum atomic E-state index is 0.524. The predicted molar refractivity (Wildman–Crippen MR) is 62.3 cm³/mol. The molecular weight excluding hydrogens is 295 g/mol. The molecule has 0 heterocycles. The Kier molecular flexibility index (Phi) is 4.19. The maximum atomic E-state index is 10.8. The molecule has 0 saturated heterocycles. The van der Waals surface area contributed by atoms with E-state index in [2.05, 4.69) is 22.6 Å². The number of ether oxygens (including phenoxy) is 2. The summed E-state index contributed by atoms with van der Waals surface area (Å²) in [6.45, 7) is 2.43. The van der Waals surface area contributed by atoms with Crippen molar-refractivity contribution in [2.75, 3.05) is 13.7 Å². The van der Waals surface area contributed by atoms with Gasteiger partial charge in [-0.05, 0) is 41.6 Å². The van der Waals surface area contributed by atoms with Crippen molar-refractivity contribution in [3.05, 3.63) is 21.3 Å². The molecule has 0 amide bonds. The summed E-state index contributed by atoms with van der Waals surface area (Å²) in [4.78, 5) is 10.8. The van der Waals surface area contributed by atoms with E-state index < -0.39 is 0 Å². The molecule has 0 aliphatic rings. The second kappa shape index (κ2) is 5.19. The van der Waals surface area contributed by atoms with Crippen LogP contribution in [0.3, 0.4) is 0 Å². The van der Waals surface area contributed by atoms with E-state index in [1.54, 1.807) is 13.2 Å². The lowest BCUT2D eigenvalue weighted by Gasteiger charge is -2.10. The van der Waals surface area contributed by atoms with E-state index in [-0.39, 0.29) is 0 Å². The zero-order valence-electron chi connectivity index (χ0n) is 8.04. The molecule has 0 spiro atoms. The van der Waals surface area contributed by atoms with E-state index in [1.807, 2.05) is 13.0 Å². The molecule has 0 unspecified atom stereocenters. The highest BCUT2D eigenvalue weighted by atomic mass is 127. The Morgan fingerprint density at radius 1 is 1.50 bits per heavy atom. The van der Waals surface area contributed by atoms with Crippen LogP contribution in [0.2, 0.25) is 0 Å². The molecule has 0 aliphatic heterocycles. The van der Waals surface area contributed by atoms with Crippen molar-refractivity contribution < 1.29 is 14.3 Å². The van der Waals surface area contributed by atoms with Crippen molar-refractivity contribution in [1.29, 1.82) is 0 Å². The van der Waals surface area contributed by atoms with Crippen molar-refractivity contribution in [2.45, 2.75) is 6.92 Å². The normalized spacial score (nSPS) is 9.64. The van der Waals surface area contributed by atoms with Gasteiger partial charge in [-0.1, -0.05) is 0 Å². The van der Waals surface area contributed by atoms with Gasteiger partial charge in [0.2, 0.25) is 0 Å². The van der Waals surface area contributed by atoms with Crippen molar-refractivity contribution >= 4 is 28.9 Å². The van der Waals surface area contributed by atoms with Gasteiger partial charge in [-0.15, -0.1) is 0 Å². The van der Waals surface area contributed by atoms with Gasteiger partial charge in [-0.2, -0.15) is 0 Å². The Hall–Kier alpha value is -0.780. The summed E-state index contributed by atoms with van der Waals surface area (Å²) in [6, 6.07) is 3.50. The molecule has 3 nitrogen and oxygen atoms in total. The number of halogens is 1. The number of methoxy groups -OCH3 is 1. The maximum absolute atomic E-state index is 10.8. The maximum Gasteiger partial charge on any atom is 0.153 e. The molecule has 1 rings (SSSR count). The molecular formula is C10H11IO3. The summed E-state index contributed by atoms with van der Waals surface area (Å²) in [5.41, 5.74) is 0.524. The number of hydrogen-bond acceptors (Lipinski definition) is 3. The van der Waals surface area contributed by atoms with Gasteiger partial charge in [0.1, 0.15) is 11.5 Å². The highest BCUT2D eigenvalue weighted by molar-refractivity contribution is 14.1. The van der Waals surface area contributed by atoms with Crippen molar-refractivity contribution in [2.24, 2.45) is 0 Å². The number of rotatable bonds is 4. The third kappa shape index (κ3) is 2.37. The summed E-state index contributed by atoms with van der Waals surface area (Å²) in [6.07, 6.45) is 0.773. The van der Waals surface area contributed by atoms with Gasteiger partial charge in [0.15, 0.2) is 6.29 Å². The SMILES string of the molecule is CCOc1c(I)cc(OC)cc1C=O. The smallest absolute Gasteiger partial charge is 0.153 e. The van der Waals surface area contributed by atoms with Gasteiger partial charge in [0, 0.05) is 0 Å². The molecule has 1 aromatic rings. The molecule has 1 aromatic carbocycles. The number of aldehydes is 1. The van der Waals surface area contributed by atoms with E-state index in [9.17, 15) is 4.79 Å². The van der Waals surface area contributed by atoms with Crippen LogP contribution in [0.1, 0.15) is 17.3 Å². The zero-order chi connectivity index (χ0) is 10.6. The van der Waals surface area contributed by atoms with Gasteiger partial charge in [0.25, 0.3) is 0 Å². The topological polar surface area (TPSA) is 35.5 Å². The van der Waals surface area contributed by atoms with Crippen LogP contribution in [0.15, 0.2) is 12.1 Å². The van der Waals surface area contributed by atoms with E-state index in [0.717, 1.165) is 9.86 Å². The quantitative estimate of drug-likeness (QED) is 0.633. The molecule has 14 heavy (non-hydrogen) atoms. The number of hydrogen-bond donors (Lipinski definition) is 0. The molecule has 0 fully saturated rings. The van der Waals surface area contributed by atoms with Gasteiger partial charge >= 0.3 is 0 Å².